The van der Waals surface area contributed by atoms with Crippen molar-refractivity contribution in [3.63, 3.8) is 0 Å². The molecule has 0 spiro atoms. The molecule has 0 fully saturated rings. The molecule has 0 bridgehead atoms. The summed E-state index contributed by atoms with van der Waals surface area (Å²) in [6.45, 7) is 0. The molecule has 0 saturated heterocycles. The SMILES string of the molecule is Oc1sc2cccc(F)c2c1Br. The van der Waals surface area contributed by atoms with Crippen molar-refractivity contribution >= 4 is 37.4 Å². The molecule has 1 aromatic heterocycles. The van der Waals surface area contributed by atoms with Crippen LogP contribution in [0.4, 0.5) is 4.39 Å². The molecule has 1 nitrogen and oxygen atoms in total. The van der Waals surface area contributed by atoms with E-state index in [0.29, 0.717) is 9.86 Å². The third kappa shape index (κ3) is 1.03. The summed E-state index contributed by atoms with van der Waals surface area (Å²) in [6, 6.07) is 4.77. The van der Waals surface area contributed by atoms with Gasteiger partial charge in [0.15, 0.2) is 5.06 Å². The molecule has 1 heterocycles. The van der Waals surface area contributed by atoms with Gasteiger partial charge in [-0.2, -0.15) is 0 Å². The Morgan fingerprint density at radius 3 is 2.83 bits per heavy atom. The average molecular weight is 247 g/mol. The summed E-state index contributed by atoms with van der Waals surface area (Å²) >= 11 is 4.28. The Hall–Kier alpha value is -0.610. The molecular formula is C8H4BrFOS. The minimum atomic E-state index is -0.309. The van der Waals surface area contributed by atoms with Gasteiger partial charge < -0.3 is 5.11 Å². The number of halogens is 2. The zero-order chi connectivity index (χ0) is 8.72. The van der Waals surface area contributed by atoms with Crippen LogP contribution in [0.1, 0.15) is 0 Å². The van der Waals surface area contributed by atoms with E-state index in [1.165, 1.54) is 6.07 Å². The first kappa shape index (κ1) is 8.01. The van der Waals surface area contributed by atoms with Crippen LogP contribution in [0.3, 0.4) is 0 Å². The number of fused-ring (bicyclic) bond motifs is 1. The van der Waals surface area contributed by atoms with Crippen molar-refractivity contribution in [1.82, 2.24) is 0 Å². The summed E-state index contributed by atoms with van der Waals surface area (Å²) in [6.07, 6.45) is 0. The lowest BCUT2D eigenvalue weighted by atomic mass is 10.2. The Labute approximate surface area is 80.6 Å². The predicted molar refractivity (Wildman–Crippen MR) is 51.1 cm³/mol. The van der Waals surface area contributed by atoms with Crippen LogP contribution in [0.15, 0.2) is 22.7 Å². The molecule has 4 heteroatoms. The van der Waals surface area contributed by atoms with Gasteiger partial charge in [0.05, 0.1) is 4.47 Å². The Bertz CT molecular complexity index is 438. The van der Waals surface area contributed by atoms with Gasteiger partial charge in [0.25, 0.3) is 0 Å². The van der Waals surface area contributed by atoms with Crippen molar-refractivity contribution in [2.75, 3.05) is 0 Å². The first-order valence-electron chi connectivity index (χ1n) is 3.25. The number of rotatable bonds is 0. The van der Waals surface area contributed by atoms with Crippen LogP contribution in [0.5, 0.6) is 5.06 Å². The molecule has 0 saturated carbocycles. The third-order valence-electron chi connectivity index (χ3n) is 1.59. The van der Waals surface area contributed by atoms with Gasteiger partial charge in [-0.05, 0) is 28.1 Å². The largest absolute Gasteiger partial charge is 0.499 e. The van der Waals surface area contributed by atoms with Crippen LogP contribution in [0, 0.1) is 5.82 Å². The van der Waals surface area contributed by atoms with Gasteiger partial charge in [-0.1, -0.05) is 17.4 Å². The van der Waals surface area contributed by atoms with Gasteiger partial charge in [0, 0.05) is 10.1 Å². The number of benzene rings is 1. The molecule has 62 valence electrons. The average Bonchev–Trinajstić information content (AvgIpc) is 2.29. The van der Waals surface area contributed by atoms with Crippen LogP contribution < -0.4 is 0 Å². The lowest BCUT2D eigenvalue weighted by Crippen LogP contribution is -1.72. The Balaban J connectivity index is 2.97. The second-order valence-electron chi connectivity index (χ2n) is 2.33. The van der Waals surface area contributed by atoms with Gasteiger partial charge in [-0.15, -0.1) is 0 Å². The minimum absolute atomic E-state index is 0.120. The molecule has 0 aliphatic rings. The lowest BCUT2D eigenvalue weighted by Gasteiger charge is -1.90. The van der Waals surface area contributed by atoms with Crippen molar-refractivity contribution in [1.29, 1.82) is 0 Å². The highest BCUT2D eigenvalue weighted by molar-refractivity contribution is 9.10. The molecule has 0 atom stereocenters. The van der Waals surface area contributed by atoms with E-state index in [4.69, 9.17) is 0 Å². The standard InChI is InChI=1S/C8H4BrFOS/c9-7-6-4(10)2-1-3-5(6)12-8(7)11/h1-3,11H. The van der Waals surface area contributed by atoms with E-state index in [0.717, 1.165) is 16.0 Å². The first-order chi connectivity index (χ1) is 5.70. The van der Waals surface area contributed by atoms with Gasteiger partial charge in [0.1, 0.15) is 5.82 Å². The second kappa shape index (κ2) is 2.71. The van der Waals surface area contributed by atoms with Crippen LogP contribution in [0.2, 0.25) is 0 Å². The lowest BCUT2D eigenvalue weighted by molar-refractivity contribution is 0.488. The summed E-state index contributed by atoms with van der Waals surface area (Å²) in [5.74, 6) is -0.309. The molecule has 2 rings (SSSR count). The fraction of sp³-hybridized carbons (Fsp3) is 0. The van der Waals surface area contributed by atoms with Crippen LogP contribution in [-0.2, 0) is 0 Å². The minimum Gasteiger partial charge on any atom is -0.499 e. The fourth-order valence-electron chi connectivity index (χ4n) is 1.06. The molecular weight excluding hydrogens is 243 g/mol. The highest BCUT2D eigenvalue weighted by Crippen LogP contribution is 2.41. The van der Waals surface area contributed by atoms with Gasteiger partial charge in [-0.25, -0.2) is 4.39 Å². The van der Waals surface area contributed by atoms with Gasteiger partial charge in [0.2, 0.25) is 0 Å². The van der Waals surface area contributed by atoms with Crippen LogP contribution in [-0.4, -0.2) is 5.11 Å². The van der Waals surface area contributed by atoms with E-state index in [-0.39, 0.29) is 10.9 Å². The molecule has 12 heavy (non-hydrogen) atoms. The summed E-state index contributed by atoms with van der Waals surface area (Å²) in [5.41, 5.74) is 0. The molecule has 0 aliphatic heterocycles. The maximum Gasteiger partial charge on any atom is 0.187 e. The topological polar surface area (TPSA) is 20.2 Å². The van der Waals surface area contributed by atoms with E-state index in [2.05, 4.69) is 15.9 Å². The fourth-order valence-corrected chi connectivity index (χ4v) is 2.68. The number of hydrogen-bond acceptors (Lipinski definition) is 2. The smallest absolute Gasteiger partial charge is 0.187 e. The molecule has 0 unspecified atom stereocenters. The van der Waals surface area contributed by atoms with Gasteiger partial charge >= 0.3 is 0 Å². The highest BCUT2D eigenvalue weighted by atomic mass is 79.9. The molecule has 2 aromatic rings. The maximum absolute atomic E-state index is 13.1. The molecule has 1 N–H and O–H groups in total. The number of thiophene rings is 1. The number of aromatic hydroxyl groups is 1. The Morgan fingerprint density at radius 2 is 2.17 bits per heavy atom. The predicted octanol–water partition coefficient (Wildman–Crippen LogP) is 3.51. The number of hydrogen-bond donors (Lipinski definition) is 1. The molecule has 0 radical (unpaired) electrons. The van der Waals surface area contributed by atoms with Crippen molar-refractivity contribution in [2.45, 2.75) is 0 Å². The maximum atomic E-state index is 13.1. The van der Waals surface area contributed by atoms with Crippen molar-refractivity contribution in [2.24, 2.45) is 0 Å². The van der Waals surface area contributed by atoms with Crippen molar-refractivity contribution in [3.05, 3.63) is 28.5 Å². The molecule has 0 amide bonds. The normalized spacial score (nSPS) is 10.8. The Kier molecular flexibility index (Phi) is 1.81. The summed E-state index contributed by atoms with van der Waals surface area (Å²) in [7, 11) is 0. The van der Waals surface area contributed by atoms with E-state index in [1.807, 2.05) is 0 Å². The van der Waals surface area contributed by atoms with Gasteiger partial charge in [-0.3, -0.25) is 0 Å². The monoisotopic (exact) mass is 246 g/mol. The van der Waals surface area contributed by atoms with Crippen molar-refractivity contribution < 1.29 is 9.50 Å². The van der Waals surface area contributed by atoms with Crippen LogP contribution in [0.25, 0.3) is 10.1 Å². The van der Waals surface area contributed by atoms with Crippen LogP contribution >= 0.6 is 27.3 Å². The highest BCUT2D eigenvalue weighted by Gasteiger charge is 2.11. The third-order valence-corrected chi connectivity index (χ3v) is 3.58. The first-order valence-corrected chi connectivity index (χ1v) is 4.86. The molecule has 1 aromatic carbocycles. The Morgan fingerprint density at radius 1 is 1.42 bits per heavy atom. The van der Waals surface area contributed by atoms with E-state index in [9.17, 15) is 9.50 Å². The van der Waals surface area contributed by atoms with E-state index < -0.39 is 0 Å². The summed E-state index contributed by atoms with van der Waals surface area (Å²) in [5, 5.41) is 9.85. The summed E-state index contributed by atoms with van der Waals surface area (Å²) in [4.78, 5) is 0. The summed E-state index contributed by atoms with van der Waals surface area (Å²) < 4.78 is 14.3. The second-order valence-corrected chi connectivity index (χ2v) is 4.16. The quantitative estimate of drug-likeness (QED) is 0.755. The molecule has 0 aliphatic carbocycles. The zero-order valence-electron chi connectivity index (χ0n) is 5.84. The van der Waals surface area contributed by atoms with E-state index >= 15 is 0 Å². The zero-order valence-corrected chi connectivity index (χ0v) is 8.25. The van der Waals surface area contributed by atoms with E-state index in [1.54, 1.807) is 12.1 Å². The van der Waals surface area contributed by atoms with Crippen molar-refractivity contribution in [3.8, 4) is 5.06 Å².